The largest absolute Gasteiger partial charge is 0.398 e. The number of anilines is 1. The van der Waals surface area contributed by atoms with E-state index in [0.29, 0.717) is 22.6 Å². The summed E-state index contributed by atoms with van der Waals surface area (Å²) in [5.74, 6) is 0.561. The third-order valence-corrected chi connectivity index (χ3v) is 3.92. The maximum absolute atomic E-state index is 12.0. The molecular formula is C14H20N2O. The molecule has 3 heteroatoms. The molecule has 0 aliphatic heterocycles. The molecule has 1 aliphatic rings. The van der Waals surface area contributed by atoms with Gasteiger partial charge in [-0.3, -0.25) is 4.79 Å². The smallest absolute Gasteiger partial charge is 0.253 e. The van der Waals surface area contributed by atoms with Crippen molar-refractivity contribution in [1.82, 2.24) is 5.32 Å². The van der Waals surface area contributed by atoms with Crippen molar-refractivity contribution >= 4 is 11.6 Å². The maximum Gasteiger partial charge on any atom is 0.253 e. The Labute approximate surface area is 102 Å². The Morgan fingerprint density at radius 1 is 1.41 bits per heavy atom. The second-order valence-corrected chi connectivity index (χ2v) is 5.29. The van der Waals surface area contributed by atoms with Crippen molar-refractivity contribution < 1.29 is 4.79 Å². The fourth-order valence-corrected chi connectivity index (χ4v) is 2.17. The van der Waals surface area contributed by atoms with Gasteiger partial charge in [0, 0.05) is 12.2 Å². The van der Waals surface area contributed by atoms with Gasteiger partial charge in [-0.1, -0.05) is 26.0 Å². The third-order valence-electron chi connectivity index (χ3n) is 3.92. The van der Waals surface area contributed by atoms with Crippen LogP contribution in [0.15, 0.2) is 24.3 Å². The van der Waals surface area contributed by atoms with E-state index in [4.69, 9.17) is 5.73 Å². The summed E-state index contributed by atoms with van der Waals surface area (Å²) in [4.78, 5) is 12.0. The monoisotopic (exact) mass is 232 g/mol. The van der Waals surface area contributed by atoms with E-state index in [9.17, 15) is 4.79 Å². The Morgan fingerprint density at radius 2 is 2.06 bits per heavy atom. The molecule has 17 heavy (non-hydrogen) atoms. The van der Waals surface area contributed by atoms with E-state index in [-0.39, 0.29) is 5.91 Å². The zero-order valence-electron chi connectivity index (χ0n) is 10.5. The molecule has 0 spiro atoms. The molecule has 92 valence electrons. The molecule has 0 atom stereocenters. The maximum atomic E-state index is 12.0. The summed E-state index contributed by atoms with van der Waals surface area (Å²) in [6, 6.07) is 7.19. The summed E-state index contributed by atoms with van der Waals surface area (Å²) >= 11 is 0. The second-order valence-electron chi connectivity index (χ2n) is 5.29. The fraction of sp³-hybridized carbons (Fsp3) is 0.500. The third kappa shape index (κ3) is 2.43. The van der Waals surface area contributed by atoms with Crippen molar-refractivity contribution in [2.75, 3.05) is 12.3 Å². The number of carbonyl (C=O) groups is 1. The van der Waals surface area contributed by atoms with Crippen LogP contribution in [0.3, 0.4) is 0 Å². The number of benzene rings is 1. The van der Waals surface area contributed by atoms with Crippen LogP contribution in [-0.2, 0) is 0 Å². The highest BCUT2D eigenvalue weighted by atomic mass is 16.1. The van der Waals surface area contributed by atoms with Crippen LogP contribution >= 0.6 is 0 Å². The molecule has 1 amide bonds. The highest BCUT2D eigenvalue weighted by molar-refractivity contribution is 5.99. The topological polar surface area (TPSA) is 55.1 Å². The summed E-state index contributed by atoms with van der Waals surface area (Å²) in [5, 5.41) is 3.00. The number of nitrogens with two attached hydrogens (primary N) is 1. The first-order valence-corrected chi connectivity index (χ1v) is 6.18. The molecule has 3 N–H and O–H groups in total. The molecule has 0 unspecified atom stereocenters. The van der Waals surface area contributed by atoms with E-state index in [2.05, 4.69) is 19.2 Å². The van der Waals surface area contributed by atoms with Gasteiger partial charge in [0.1, 0.15) is 0 Å². The number of para-hydroxylation sites is 1. The molecule has 0 heterocycles. The van der Waals surface area contributed by atoms with Crippen LogP contribution < -0.4 is 11.1 Å². The lowest BCUT2D eigenvalue weighted by atomic mass is 9.92. The van der Waals surface area contributed by atoms with E-state index in [1.165, 1.54) is 12.8 Å². The van der Waals surface area contributed by atoms with Gasteiger partial charge in [0.2, 0.25) is 0 Å². The molecule has 1 saturated carbocycles. The van der Waals surface area contributed by atoms with Crippen LogP contribution in [0.25, 0.3) is 0 Å². The van der Waals surface area contributed by atoms with Crippen LogP contribution in [0.2, 0.25) is 0 Å². The molecular weight excluding hydrogens is 212 g/mol. The highest BCUT2D eigenvalue weighted by Gasteiger charge is 2.45. The van der Waals surface area contributed by atoms with Crippen LogP contribution in [0.5, 0.6) is 0 Å². The Balaban J connectivity index is 1.97. The number of carbonyl (C=O) groups excluding carboxylic acids is 1. The Bertz CT molecular complexity index is 422. The van der Waals surface area contributed by atoms with E-state index in [1.54, 1.807) is 12.1 Å². The number of nitrogens with one attached hydrogen (secondary N) is 1. The fourth-order valence-electron chi connectivity index (χ4n) is 2.17. The number of nitrogen functional groups attached to an aromatic ring is 1. The van der Waals surface area contributed by atoms with E-state index in [0.717, 1.165) is 6.54 Å². The Hall–Kier alpha value is -1.51. The van der Waals surface area contributed by atoms with Gasteiger partial charge in [0.25, 0.3) is 5.91 Å². The molecule has 1 aromatic carbocycles. The van der Waals surface area contributed by atoms with Crippen molar-refractivity contribution in [3.8, 4) is 0 Å². The Kier molecular flexibility index (Phi) is 3.09. The average molecular weight is 232 g/mol. The van der Waals surface area contributed by atoms with E-state index >= 15 is 0 Å². The van der Waals surface area contributed by atoms with Gasteiger partial charge in [-0.05, 0) is 36.3 Å². The van der Waals surface area contributed by atoms with Gasteiger partial charge in [0.15, 0.2) is 0 Å². The van der Waals surface area contributed by atoms with Gasteiger partial charge >= 0.3 is 0 Å². The van der Waals surface area contributed by atoms with Crippen molar-refractivity contribution in [3.63, 3.8) is 0 Å². The molecule has 0 bridgehead atoms. The Morgan fingerprint density at radius 3 is 2.59 bits per heavy atom. The SMILES string of the molecule is CC(C)C1(CNC(=O)c2ccccc2N)CC1. The van der Waals surface area contributed by atoms with Crippen molar-refractivity contribution in [3.05, 3.63) is 29.8 Å². The molecule has 0 aromatic heterocycles. The van der Waals surface area contributed by atoms with Gasteiger partial charge in [0.05, 0.1) is 5.56 Å². The normalized spacial score (nSPS) is 16.9. The van der Waals surface area contributed by atoms with Gasteiger partial charge in [-0.2, -0.15) is 0 Å². The van der Waals surface area contributed by atoms with Crippen LogP contribution in [-0.4, -0.2) is 12.5 Å². The summed E-state index contributed by atoms with van der Waals surface area (Å²) in [5.41, 5.74) is 7.23. The lowest BCUT2D eigenvalue weighted by Gasteiger charge is -2.20. The number of hydrogen-bond donors (Lipinski definition) is 2. The lowest BCUT2D eigenvalue weighted by molar-refractivity contribution is 0.0940. The summed E-state index contributed by atoms with van der Waals surface area (Å²) < 4.78 is 0. The van der Waals surface area contributed by atoms with E-state index < -0.39 is 0 Å². The summed E-state index contributed by atoms with van der Waals surface area (Å²) in [6.45, 7) is 5.20. The van der Waals surface area contributed by atoms with Gasteiger partial charge < -0.3 is 11.1 Å². The molecule has 3 nitrogen and oxygen atoms in total. The zero-order chi connectivity index (χ0) is 12.5. The predicted molar refractivity (Wildman–Crippen MR) is 69.7 cm³/mol. The van der Waals surface area contributed by atoms with Crippen molar-refractivity contribution in [2.24, 2.45) is 11.3 Å². The molecule has 0 saturated heterocycles. The first-order chi connectivity index (χ1) is 8.05. The predicted octanol–water partition coefficient (Wildman–Crippen LogP) is 2.43. The molecule has 1 aromatic rings. The molecule has 1 fully saturated rings. The van der Waals surface area contributed by atoms with Crippen LogP contribution in [0.1, 0.15) is 37.0 Å². The first-order valence-electron chi connectivity index (χ1n) is 6.18. The van der Waals surface area contributed by atoms with Crippen LogP contribution in [0, 0.1) is 11.3 Å². The minimum atomic E-state index is -0.0602. The standard InChI is InChI=1S/C14H20N2O/c1-10(2)14(7-8-14)9-16-13(17)11-5-3-4-6-12(11)15/h3-6,10H,7-9,15H2,1-2H3,(H,16,17). The lowest BCUT2D eigenvalue weighted by Crippen LogP contribution is -2.32. The minimum Gasteiger partial charge on any atom is -0.398 e. The van der Waals surface area contributed by atoms with E-state index in [1.807, 2.05) is 12.1 Å². The zero-order valence-corrected chi connectivity index (χ0v) is 10.5. The van der Waals surface area contributed by atoms with Gasteiger partial charge in [-0.25, -0.2) is 0 Å². The average Bonchev–Trinajstić information content (AvgIpc) is 3.07. The first kappa shape index (κ1) is 12.0. The molecule has 0 radical (unpaired) electrons. The quantitative estimate of drug-likeness (QED) is 0.783. The summed E-state index contributed by atoms with van der Waals surface area (Å²) in [7, 11) is 0. The molecule has 2 rings (SSSR count). The number of rotatable bonds is 4. The number of hydrogen-bond acceptors (Lipinski definition) is 2. The van der Waals surface area contributed by atoms with Gasteiger partial charge in [-0.15, -0.1) is 0 Å². The second kappa shape index (κ2) is 4.40. The van der Waals surface area contributed by atoms with Crippen molar-refractivity contribution in [1.29, 1.82) is 0 Å². The summed E-state index contributed by atoms with van der Waals surface area (Å²) in [6.07, 6.45) is 2.43. The minimum absolute atomic E-state index is 0.0602. The molecule has 1 aliphatic carbocycles. The number of amides is 1. The highest BCUT2D eigenvalue weighted by Crippen LogP contribution is 2.51. The van der Waals surface area contributed by atoms with Crippen LogP contribution in [0.4, 0.5) is 5.69 Å². The van der Waals surface area contributed by atoms with Crippen molar-refractivity contribution in [2.45, 2.75) is 26.7 Å².